The van der Waals surface area contributed by atoms with E-state index in [2.05, 4.69) is 16.9 Å². The SMILES string of the molecule is CN1CC[C@@H](n2c(=O)[nH]c3cc(C=C4c5ccc(F)cc5OCc5c(F)cccc54)ccc32)C1. The Morgan fingerprint density at radius 3 is 2.79 bits per heavy atom. The van der Waals surface area contributed by atoms with E-state index >= 15 is 0 Å². The van der Waals surface area contributed by atoms with E-state index in [1.165, 1.54) is 18.2 Å². The van der Waals surface area contributed by atoms with Crippen LogP contribution in [0.3, 0.4) is 0 Å². The van der Waals surface area contributed by atoms with Gasteiger partial charge in [-0.2, -0.15) is 0 Å². The molecule has 0 bridgehead atoms. The van der Waals surface area contributed by atoms with Gasteiger partial charge in [0.25, 0.3) is 0 Å². The average molecular weight is 459 g/mol. The molecule has 1 atom stereocenters. The Balaban J connectivity index is 1.51. The highest BCUT2D eigenvalue weighted by atomic mass is 19.1. The summed E-state index contributed by atoms with van der Waals surface area (Å²) in [5.74, 6) is -0.412. The van der Waals surface area contributed by atoms with Crippen molar-refractivity contribution in [2.45, 2.75) is 19.1 Å². The molecule has 34 heavy (non-hydrogen) atoms. The summed E-state index contributed by atoms with van der Waals surface area (Å²) in [5.41, 5.74) is 4.89. The number of hydrogen-bond acceptors (Lipinski definition) is 3. The van der Waals surface area contributed by atoms with Gasteiger partial charge in [-0.05, 0) is 73.1 Å². The molecule has 1 saturated heterocycles. The van der Waals surface area contributed by atoms with Crippen LogP contribution in [0.5, 0.6) is 5.75 Å². The number of ether oxygens (including phenoxy) is 1. The summed E-state index contributed by atoms with van der Waals surface area (Å²) in [6.45, 7) is 1.82. The smallest absolute Gasteiger partial charge is 0.326 e. The molecule has 0 radical (unpaired) electrons. The molecule has 1 fully saturated rings. The van der Waals surface area contributed by atoms with E-state index in [1.54, 1.807) is 12.1 Å². The van der Waals surface area contributed by atoms with Crippen LogP contribution in [0, 0.1) is 11.6 Å². The molecule has 3 heterocycles. The fraction of sp³-hybridized carbons (Fsp3) is 0.222. The number of nitrogens with zero attached hydrogens (tertiary/aromatic N) is 2. The normalized spacial score (nSPS) is 19.1. The second-order valence-electron chi connectivity index (χ2n) is 9.03. The number of H-pyrrole nitrogens is 1. The largest absolute Gasteiger partial charge is 0.488 e. The van der Waals surface area contributed by atoms with E-state index in [9.17, 15) is 13.6 Å². The van der Waals surface area contributed by atoms with Gasteiger partial charge in [0.05, 0.1) is 17.1 Å². The summed E-state index contributed by atoms with van der Waals surface area (Å²) in [4.78, 5) is 18.0. The number of aromatic nitrogens is 2. The Kier molecular flexibility index (Phi) is 4.88. The van der Waals surface area contributed by atoms with E-state index < -0.39 is 5.82 Å². The van der Waals surface area contributed by atoms with Gasteiger partial charge >= 0.3 is 5.69 Å². The van der Waals surface area contributed by atoms with Crippen LogP contribution < -0.4 is 10.4 Å². The first kappa shape index (κ1) is 20.9. The van der Waals surface area contributed by atoms with Gasteiger partial charge in [0.1, 0.15) is 24.0 Å². The topological polar surface area (TPSA) is 50.3 Å². The number of benzene rings is 3. The number of hydrogen-bond donors (Lipinski definition) is 1. The Hall–Kier alpha value is -3.71. The second-order valence-corrected chi connectivity index (χ2v) is 9.03. The lowest BCUT2D eigenvalue weighted by Crippen LogP contribution is -2.24. The van der Waals surface area contributed by atoms with Gasteiger partial charge in [0, 0.05) is 23.7 Å². The number of likely N-dealkylation sites (tertiary alicyclic amines) is 1. The van der Waals surface area contributed by atoms with Crippen molar-refractivity contribution in [3.63, 3.8) is 0 Å². The third-order valence-corrected chi connectivity index (χ3v) is 6.80. The number of imidazole rings is 1. The molecule has 4 aromatic rings. The number of aromatic amines is 1. The lowest BCUT2D eigenvalue weighted by Gasteiger charge is -2.13. The molecule has 1 aromatic heterocycles. The summed E-state index contributed by atoms with van der Waals surface area (Å²) in [5, 5.41) is 0. The minimum Gasteiger partial charge on any atom is -0.488 e. The van der Waals surface area contributed by atoms with Crippen LogP contribution in [0.1, 0.15) is 34.7 Å². The molecule has 7 heteroatoms. The first-order chi connectivity index (χ1) is 16.5. The van der Waals surface area contributed by atoms with Crippen molar-refractivity contribution in [3.05, 3.63) is 99.0 Å². The molecule has 1 N–H and O–H groups in total. The van der Waals surface area contributed by atoms with Gasteiger partial charge in [-0.25, -0.2) is 13.6 Å². The second kappa shape index (κ2) is 7.95. The van der Waals surface area contributed by atoms with Crippen molar-refractivity contribution in [1.82, 2.24) is 14.5 Å². The Morgan fingerprint density at radius 1 is 1.09 bits per heavy atom. The molecule has 0 spiro atoms. The van der Waals surface area contributed by atoms with Crippen LogP contribution in [0.25, 0.3) is 22.7 Å². The van der Waals surface area contributed by atoms with E-state index in [1.807, 2.05) is 34.9 Å². The zero-order valence-corrected chi connectivity index (χ0v) is 18.6. The Labute approximate surface area is 194 Å². The van der Waals surface area contributed by atoms with E-state index in [4.69, 9.17) is 4.74 Å². The number of rotatable bonds is 2. The lowest BCUT2D eigenvalue weighted by molar-refractivity contribution is 0.299. The quantitative estimate of drug-likeness (QED) is 0.461. The fourth-order valence-corrected chi connectivity index (χ4v) is 5.14. The summed E-state index contributed by atoms with van der Waals surface area (Å²) >= 11 is 0. The van der Waals surface area contributed by atoms with Gasteiger partial charge < -0.3 is 14.6 Å². The number of likely N-dealkylation sites (N-methyl/N-ethyl adjacent to an activating group) is 1. The molecule has 6 rings (SSSR count). The van der Waals surface area contributed by atoms with Crippen molar-refractivity contribution in [2.24, 2.45) is 0 Å². The lowest BCUT2D eigenvalue weighted by atomic mass is 9.92. The maximum atomic E-state index is 14.7. The molecule has 5 nitrogen and oxygen atoms in total. The summed E-state index contributed by atoms with van der Waals surface area (Å²) in [6.07, 6.45) is 2.87. The molecule has 0 saturated carbocycles. The standard InChI is InChI=1S/C27H23F2N3O2/c1-31-10-9-18(14-31)32-25-8-5-16(12-24(25)30-27(32)33)11-21-19-3-2-4-23(29)22(19)15-34-26-13-17(28)6-7-20(21)26/h2-8,11-13,18H,9-10,14-15H2,1H3,(H,30,33)/t18-/m1/s1. The molecule has 2 aliphatic rings. The molecule has 2 aliphatic heterocycles. The first-order valence-corrected chi connectivity index (χ1v) is 11.3. The molecular formula is C27H23F2N3O2. The molecule has 0 aliphatic carbocycles. The summed E-state index contributed by atoms with van der Waals surface area (Å²) in [7, 11) is 2.06. The summed E-state index contributed by atoms with van der Waals surface area (Å²) < 4.78 is 36.2. The van der Waals surface area contributed by atoms with E-state index in [0.29, 0.717) is 22.4 Å². The van der Waals surface area contributed by atoms with Crippen LogP contribution in [0.2, 0.25) is 0 Å². The average Bonchev–Trinajstić information content (AvgIpc) is 3.33. The Bertz CT molecular complexity index is 1520. The third-order valence-electron chi connectivity index (χ3n) is 6.80. The molecule has 3 aromatic carbocycles. The minimum atomic E-state index is -0.414. The zero-order valence-electron chi connectivity index (χ0n) is 18.6. The van der Waals surface area contributed by atoms with Gasteiger partial charge in [-0.1, -0.05) is 18.2 Å². The van der Waals surface area contributed by atoms with Crippen LogP contribution in [0.15, 0.2) is 59.4 Å². The van der Waals surface area contributed by atoms with Crippen molar-refractivity contribution < 1.29 is 13.5 Å². The van der Waals surface area contributed by atoms with Crippen molar-refractivity contribution in [2.75, 3.05) is 20.1 Å². The van der Waals surface area contributed by atoms with Gasteiger partial charge in [-0.3, -0.25) is 4.57 Å². The number of nitrogens with one attached hydrogen (secondary N) is 1. The van der Waals surface area contributed by atoms with Crippen molar-refractivity contribution in [3.8, 4) is 5.75 Å². The molecule has 0 amide bonds. The molecule has 0 unspecified atom stereocenters. The highest BCUT2D eigenvalue weighted by molar-refractivity contribution is 5.95. The van der Waals surface area contributed by atoms with E-state index in [-0.39, 0.29) is 24.2 Å². The maximum absolute atomic E-state index is 14.7. The zero-order chi connectivity index (χ0) is 23.4. The van der Waals surface area contributed by atoms with E-state index in [0.717, 1.165) is 41.7 Å². The van der Waals surface area contributed by atoms with Crippen LogP contribution in [-0.2, 0) is 6.61 Å². The predicted molar refractivity (Wildman–Crippen MR) is 128 cm³/mol. The number of halogens is 2. The molecular weight excluding hydrogens is 436 g/mol. The van der Waals surface area contributed by atoms with Gasteiger partial charge in [0.15, 0.2) is 0 Å². The van der Waals surface area contributed by atoms with Crippen LogP contribution in [-0.4, -0.2) is 34.6 Å². The van der Waals surface area contributed by atoms with Crippen LogP contribution in [0.4, 0.5) is 8.78 Å². The summed E-state index contributed by atoms with van der Waals surface area (Å²) in [6, 6.07) is 15.2. The van der Waals surface area contributed by atoms with Crippen molar-refractivity contribution in [1.29, 1.82) is 0 Å². The van der Waals surface area contributed by atoms with Crippen LogP contribution >= 0.6 is 0 Å². The van der Waals surface area contributed by atoms with Gasteiger partial charge in [0.2, 0.25) is 0 Å². The third kappa shape index (κ3) is 3.44. The Morgan fingerprint density at radius 2 is 1.97 bits per heavy atom. The minimum absolute atomic E-state index is 0.0147. The van der Waals surface area contributed by atoms with Gasteiger partial charge in [-0.15, -0.1) is 0 Å². The molecule has 172 valence electrons. The monoisotopic (exact) mass is 459 g/mol. The number of fused-ring (bicyclic) bond motifs is 3. The van der Waals surface area contributed by atoms with Crippen molar-refractivity contribution >= 4 is 22.7 Å². The predicted octanol–water partition coefficient (Wildman–Crippen LogP) is 4.97. The highest BCUT2D eigenvalue weighted by Gasteiger charge is 2.25. The maximum Gasteiger partial charge on any atom is 0.326 e. The fourth-order valence-electron chi connectivity index (χ4n) is 5.14. The first-order valence-electron chi connectivity index (χ1n) is 11.3. The highest BCUT2D eigenvalue weighted by Crippen LogP contribution is 2.39.